The van der Waals surface area contributed by atoms with E-state index in [4.69, 9.17) is 5.73 Å². The predicted octanol–water partition coefficient (Wildman–Crippen LogP) is 1.60. The zero-order chi connectivity index (χ0) is 15.1. The van der Waals surface area contributed by atoms with Gasteiger partial charge in [-0.1, -0.05) is 6.92 Å². The molecule has 20 heavy (non-hydrogen) atoms. The van der Waals surface area contributed by atoms with E-state index in [0.717, 1.165) is 18.6 Å². The Morgan fingerprint density at radius 3 is 2.55 bits per heavy atom. The lowest BCUT2D eigenvalue weighted by Gasteiger charge is -2.21. The molecule has 0 saturated carbocycles. The van der Waals surface area contributed by atoms with Crippen LogP contribution in [0.25, 0.3) is 0 Å². The first-order valence-electron chi connectivity index (χ1n) is 6.29. The first-order valence-corrected chi connectivity index (χ1v) is 7.73. The maximum atomic E-state index is 12.6. The molecule has 8 heteroatoms. The molecule has 110 valence electrons. The minimum absolute atomic E-state index is 0.170. The molecular weight excluding hydrogens is 282 g/mol. The summed E-state index contributed by atoms with van der Waals surface area (Å²) < 4.78 is 26.6. The molecule has 1 aliphatic rings. The van der Waals surface area contributed by atoms with Crippen LogP contribution in [0, 0.1) is 16.0 Å². The highest BCUT2D eigenvalue weighted by molar-refractivity contribution is 7.89. The molecule has 1 aromatic carbocycles. The summed E-state index contributed by atoms with van der Waals surface area (Å²) in [5.41, 5.74) is 5.33. The van der Waals surface area contributed by atoms with Crippen LogP contribution in [0.2, 0.25) is 0 Å². The van der Waals surface area contributed by atoms with Crippen LogP contribution in [0.4, 0.5) is 11.4 Å². The van der Waals surface area contributed by atoms with E-state index in [2.05, 4.69) is 0 Å². The van der Waals surface area contributed by atoms with Gasteiger partial charge in [-0.05, 0) is 31.4 Å². The Labute approximate surface area is 117 Å². The van der Waals surface area contributed by atoms with Crippen LogP contribution < -0.4 is 5.73 Å². The van der Waals surface area contributed by atoms with Gasteiger partial charge in [0.05, 0.1) is 4.92 Å². The van der Waals surface area contributed by atoms with Gasteiger partial charge in [0.1, 0.15) is 0 Å². The molecule has 0 aliphatic carbocycles. The van der Waals surface area contributed by atoms with Gasteiger partial charge in [-0.15, -0.1) is 0 Å². The minimum Gasteiger partial charge on any atom is -0.399 e. The van der Waals surface area contributed by atoms with Crippen molar-refractivity contribution in [2.45, 2.75) is 31.2 Å². The quantitative estimate of drug-likeness (QED) is 0.518. The lowest BCUT2D eigenvalue weighted by atomic mass is 10.1. The molecule has 1 fully saturated rings. The standard InChI is InChI=1S/C12H17N3O4S/c1-8-5-9(2)14(7-8)20(18,19)12-6-10(13)3-4-11(12)15(16)17/h3-4,6,8-9H,5,7,13H2,1-2H3. The van der Waals surface area contributed by atoms with Gasteiger partial charge in [0.2, 0.25) is 10.0 Å². The van der Waals surface area contributed by atoms with Gasteiger partial charge in [0, 0.05) is 24.3 Å². The molecule has 7 nitrogen and oxygen atoms in total. The molecular formula is C12H17N3O4S. The number of nitrogen functional groups attached to an aromatic ring is 1. The van der Waals surface area contributed by atoms with Crippen LogP contribution in [0.1, 0.15) is 20.3 Å². The summed E-state index contributed by atoms with van der Waals surface area (Å²) in [7, 11) is -3.91. The second kappa shape index (κ2) is 5.02. The van der Waals surface area contributed by atoms with E-state index in [1.807, 2.05) is 6.92 Å². The highest BCUT2D eigenvalue weighted by Crippen LogP contribution is 2.34. The van der Waals surface area contributed by atoms with Crippen molar-refractivity contribution in [1.29, 1.82) is 0 Å². The van der Waals surface area contributed by atoms with Crippen molar-refractivity contribution in [2.24, 2.45) is 5.92 Å². The summed E-state index contributed by atoms with van der Waals surface area (Å²) in [5, 5.41) is 11.0. The van der Waals surface area contributed by atoms with Gasteiger partial charge in [-0.25, -0.2) is 8.42 Å². The molecule has 1 aliphatic heterocycles. The Kier molecular flexibility index (Phi) is 3.70. The fourth-order valence-corrected chi connectivity index (χ4v) is 4.57. The number of hydrogen-bond acceptors (Lipinski definition) is 5. The lowest BCUT2D eigenvalue weighted by Crippen LogP contribution is -2.34. The number of rotatable bonds is 3. The third kappa shape index (κ3) is 2.48. The van der Waals surface area contributed by atoms with Crippen LogP contribution in [0.15, 0.2) is 23.1 Å². The Morgan fingerprint density at radius 2 is 2.05 bits per heavy atom. The van der Waals surface area contributed by atoms with E-state index < -0.39 is 20.6 Å². The number of nitro groups is 1. The molecule has 0 spiro atoms. The number of nitro benzene ring substituents is 1. The molecule has 2 unspecified atom stereocenters. The summed E-state index contributed by atoms with van der Waals surface area (Å²) in [6.07, 6.45) is 0.745. The molecule has 1 aromatic rings. The summed E-state index contributed by atoms with van der Waals surface area (Å²) in [6, 6.07) is 3.44. The van der Waals surface area contributed by atoms with Crippen molar-refractivity contribution in [3.63, 3.8) is 0 Å². The van der Waals surface area contributed by atoms with Gasteiger partial charge in [-0.2, -0.15) is 4.31 Å². The molecule has 0 bridgehead atoms. The zero-order valence-corrected chi connectivity index (χ0v) is 12.1. The van der Waals surface area contributed by atoms with E-state index in [9.17, 15) is 18.5 Å². The summed E-state index contributed by atoms with van der Waals surface area (Å²) in [6.45, 7) is 4.13. The van der Waals surface area contributed by atoms with Crippen LogP contribution in [-0.4, -0.2) is 30.2 Å². The first-order chi connectivity index (χ1) is 9.23. The maximum absolute atomic E-state index is 12.6. The third-order valence-corrected chi connectivity index (χ3v) is 5.50. The average Bonchev–Trinajstić information content (AvgIpc) is 2.68. The SMILES string of the molecule is CC1CC(C)N(S(=O)(=O)c2cc(N)ccc2[N+](=O)[O-])C1. The largest absolute Gasteiger partial charge is 0.399 e. The number of hydrogen-bond donors (Lipinski definition) is 1. The maximum Gasteiger partial charge on any atom is 0.289 e. The Balaban J connectivity index is 2.55. The molecule has 1 heterocycles. The van der Waals surface area contributed by atoms with Crippen molar-refractivity contribution in [1.82, 2.24) is 4.31 Å². The number of nitrogens with two attached hydrogens (primary N) is 1. The highest BCUT2D eigenvalue weighted by Gasteiger charge is 2.39. The average molecular weight is 299 g/mol. The normalized spacial score (nSPS) is 23.9. The molecule has 0 radical (unpaired) electrons. The predicted molar refractivity (Wildman–Crippen MR) is 74.6 cm³/mol. The fourth-order valence-electron chi connectivity index (χ4n) is 2.61. The van der Waals surface area contributed by atoms with Crippen LogP contribution in [0.5, 0.6) is 0 Å². The van der Waals surface area contributed by atoms with Gasteiger partial charge in [-0.3, -0.25) is 10.1 Å². The summed E-state index contributed by atoms with van der Waals surface area (Å²) in [4.78, 5) is 9.99. The molecule has 0 aromatic heterocycles. The van der Waals surface area contributed by atoms with Crippen LogP contribution in [0.3, 0.4) is 0 Å². The lowest BCUT2D eigenvalue weighted by molar-refractivity contribution is -0.387. The van der Waals surface area contributed by atoms with Crippen LogP contribution >= 0.6 is 0 Å². The van der Waals surface area contributed by atoms with Crippen molar-refractivity contribution >= 4 is 21.4 Å². The van der Waals surface area contributed by atoms with Crippen LogP contribution in [-0.2, 0) is 10.0 Å². The van der Waals surface area contributed by atoms with Gasteiger partial charge in [0.25, 0.3) is 5.69 Å². The monoisotopic (exact) mass is 299 g/mol. The Morgan fingerprint density at radius 1 is 1.40 bits per heavy atom. The Hall–Kier alpha value is -1.67. The van der Waals surface area contributed by atoms with Gasteiger partial charge in [0.15, 0.2) is 4.90 Å². The zero-order valence-electron chi connectivity index (χ0n) is 11.3. The van der Waals surface area contributed by atoms with E-state index in [-0.39, 0.29) is 22.5 Å². The molecule has 2 atom stereocenters. The van der Waals surface area contributed by atoms with Gasteiger partial charge < -0.3 is 5.73 Å². The second-order valence-corrected chi connectivity index (χ2v) is 7.11. The molecule has 1 saturated heterocycles. The number of benzene rings is 1. The molecule has 2 rings (SSSR count). The van der Waals surface area contributed by atoms with Crippen molar-refractivity contribution < 1.29 is 13.3 Å². The van der Waals surface area contributed by atoms with E-state index >= 15 is 0 Å². The summed E-state index contributed by atoms with van der Waals surface area (Å²) in [5.74, 6) is 0.236. The fraction of sp³-hybridized carbons (Fsp3) is 0.500. The van der Waals surface area contributed by atoms with Gasteiger partial charge >= 0.3 is 0 Å². The van der Waals surface area contributed by atoms with Crippen molar-refractivity contribution in [3.05, 3.63) is 28.3 Å². The Bertz CT molecular complexity index is 644. The number of sulfonamides is 1. The minimum atomic E-state index is -3.91. The molecule has 0 amide bonds. The van der Waals surface area contributed by atoms with Crippen molar-refractivity contribution in [2.75, 3.05) is 12.3 Å². The summed E-state index contributed by atoms with van der Waals surface area (Å²) >= 11 is 0. The number of nitrogens with zero attached hydrogens (tertiary/aromatic N) is 2. The molecule has 2 N–H and O–H groups in total. The van der Waals surface area contributed by atoms with Crippen molar-refractivity contribution in [3.8, 4) is 0 Å². The second-order valence-electron chi connectivity index (χ2n) is 5.25. The van der Waals surface area contributed by atoms with E-state index in [1.54, 1.807) is 6.92 Å². The third-order valence-electron chi connectivity index (χ3n) is 3.49. The number of anilines is 1. The first kappa shape index (κ1) is 14.7. The smallest absolute Gasteiger partial charge is 0.289 e. The highest BCUT2D eigenvalue weighted by atomic mass is 32.2. The van der Waals surface area contributed by atoms with E-state index in [1.165, 1.54) is 10.4 Å². The van der Waals surface area contributed by atoms with E-state index in [0.29, 0.717) is 6.54 Å². The topological polar surface area (TPSA) is 107 Å².